The number of pyridine rings is 1. The Labute approximate surface area is 65.9 Å². The molecule has 0 spiro atoms. The summed E-state index contributed by atoms with van der Waals surface area (Å²) in [7, 11) is 0. The maximum absolute atomic E-state index is 9.74. The summed E-state index contributed by atoms with van der Waals surface area (Å²) < 4.78 is 0. The topological polar surface area (TPSA) is 33.1 Å². The van der Waals surface area contributed by atoms with Gasteiger partial charge in [-0.1, -0.05) is 0 Å². The largest absolute Gasteiger partial charge is 0.385 e. The maximum Gasteiger partial charge on any atom is 0.0916 e. The molecule has 0 amide bonds. The van der Waals surface area contributed by atoms with E-state index in [2.05, 4.69) is 4.98 Å². The molecule has 58 valence electrons. The van der Waals surface area contributed by atoms with Crippen molar-refractivity contribution in [3.8, 4) is 0 Å². The minimum absolute atomic E-state index is 0.529. The van der Waals surface area contributed by atoms with Crippen LogP contribution >= 0.6 is 0 Å². The monoisotopic (exact) mass is 149 g/mol. The van der Waals surface area contributed by atoms with Gasteiger partial charge in [-0.2, -0.15) is 0 Å². The molecule has 0 saturated heterocycles. The molecule has 0 radical (unpaired) electrons. The van der Waals surface area contributed by atoms with E-state index in [4.69, 9.17) is 0 Å². The van der Waals surface area contributed by atoms with E-state index in [1.165, 1.54) is 0 Å². The molecule has 0 bridgehead atoms. The van der Waals surface area contributed by atoms with E-state index in [-0.39, 0.29) is 0 Å². The van der Waals surface area contributed by atoms with Crippen molar-refractivity contribution in [2.75, 3.05) is 0 Å². The summed E-state index contributed by atoms with van der Waals surface area (Å²) in [5.41, 5.74) is 1.61. The van der Waals surface area contributed by atoms with E-state index in [1.807, 2.05) is 13.0 Å². The van der Waals surface area contributed by atoms with Gasteiger partial charge in [0.2, 0.25) is 0 Å². The molecule has 1 fully saturated rings. The van der Waals surface area contributed by atoms with E-state index < -0.39 is 5.60 Å². The second-order valence-corrected chi connectivity index (χ2v) is 3.22. The molecule has 11 heavy (non-hydrogen) atoms. The predicted molar refractivity (Wildman–Crippen MR) is 42.1 cm³/mol. The van der Waals surface area contributed by atoms with Gasteiger partial charge in [-0.3, -0.25) is 4.98 Å². The number of aliphatic hydroxyl groups is 1. The van der Waals surface area contributed by atoms with Crippen LogP contribution in [0.2, 0.25) is 0 Å². The molecular weight excluding hydrogens is 138 g/mol. The summed E-state index contributed by atoms with van der Waals surface area (Å²) in [6.07, 6.45) is 5.30. The average molecular weight is 149 g/mol. The zero-order valence-corrected chi connectivity index (χ0v) is 6.54. The second-order valence-electron chi connectivity index (χ2n) is 3.22. The van der Waals surface area contributed by atoms with E-state index in [0.717, 1.165) is 24.0 Å². The van der Waals surface area contributed by atoms with Gasteiger partial charge in [-0.15, -0.1) is 0 Å². The summed E-state index contributed by atoms with van der Waals surface area (Å²) in [5.74, 6) is 0. The Hall–Kier alpha value is -0.890. The van der Waals surface area contributed by atoms with Crippen molar-refractivity contribution < 1.29 is 5.11 Å². The molecule has 0 aliphatic heterocycles. The molecule has 2 heteroatoms. The number of aromatic nitrogens is 1. The minimum Gasteiger partial charge on any atom is -0.385 e. The van der Waals surface area contributed by atoms with Crippen LogP contribution in [0.15, 0.2) is 18.5 Å². The van der Waals surface area contributed by atoms with Gasteiger partial charge in [0, 0.05) is 18.0 Å². The lowest BCUT2D eigenvalue weighted by Crippen LogP contribution is -2.06. The Morgan fingerprint density at radius 3 is 2.82 bits per heavy atom. The lowest BCUT2D eigenvalue weighted by atomic mass is 10.1. The molecule has 1 aliphatic carbocycles. The van der Waals surface area contributed by atoms with Crippen molar-refractivity contribution in [1.29, 1.82) is 0 Å². The van der Waals surface area contributed by atoms with Gasteiger partial charge in [0.05, 0.1) is 5.60 Å². The number of aryl methyl sites for hydroxylation is 1. The molecule has 1 N–H and O–H groups in total. The SMILES string of the molecule is Cc1ccncc1C1(O)CC1. The lowest BCUT2D eigenvalue weighted by Gasteiger charge is -2.09. The molecule has 1 aromatic heterocycles. The van der Waals surface area contributed by atoms with Crippen LogP contribution in [0, 0.1) is 6.92 Å². The van der Waals surface area contributed by atoms with Crippen LogP contribution in [0.5, 0.6) is 0 Å². The number of hydrogen-bond donors (Lipinski definition) is 1. The Morgan fingerprint density at radius 1 is 1.55 bits per heavy atom. The summed E-state index contributed by atoms with van der Waals surface area (Å²) in [4.78, 5) is 3.99. The standard InChI is InChI=1S/C9H11NO/c1-7-2-5-10-6-8(7)9(11)3-4-9/h2,5-6,11H,3-4H2,1H3. The molecular formula is C9H11NO. The fraction of sp³-hybridized carbons (Fsp3) is 0.444. The first-order valence-corrected chi connectivity index (χ1v) is 3.86. The van der Waals surface area contributed by atoms with Crippen LogP contribution in [0.25, 0.3) is 0 Å². The van der Waals surface area contributed by atoms with E-state index >= 15 is 0 Å². The van der Waals surface area contributed by atoms with E-state index in [0.29, 0.717) is 0 Å². The first-order valence-electron chi connectivity index (χ1n) is 3.86. The number of hydrogen-bond acceptors (Lipinski definition) is 2. The van der Waals surface area contributed by atoms with Crippen molar-refractivity contribution >= 4 is 0 Å². The Morgan fingerprint density at radius 2 is 2.27 bits per heavy atom. The maximum atomic E-state index is 9.74. The third kappa shape index (κ3) is 1.03. The summed E-state index contributed by atoms with van der Waals surface area (Å²) >= 11 is 0. The highest BCUT2D eigenvalue weighted by Gasteiger charge is 2.43. The summed E-state index contributed by atoms with van der Waals surface area (Å²) in [5, 5.41) is 9.74. The van der Waals surface area contributed by atoms with Crippen LogP contribution in [0.1, 0.15) is 24.0 Å². The molecule has 0 unspecified atom stereocenters. The lowest BCUT2D eigenvalue weighted by molar-refractivity contribution is 0.150. The van der Waals surface area contributed by atoms with Crippen molar-refractivity contribution in [2.45, 2.75) is 25.4 Å². The quantitative estimate of drug-likeness (QED) is 0.654. The van der Waals surface area contributed by atoms with Gasteiger partial charge < -0.3 is 5.11 Å². The van der Waals surface area contributed by atoms with Gasteiger partial charge >= 0.3 is 0 Å². The van der Waals surface area contributed by atoms with E-state index in [9.17, 15) is 5.11 Å². The highest BCUT2D eigenvalue weighted by Crippen LogP contribution is 2.45. The van der Waals surface area contributed by atoms with Crippen molar-refractivity contribution in [2.24, 2.45) is 0 Å². The van der Waals surface area contributed by atoms with Crippen molar-refractivity contribution in [3.63, 3.8) is 0 Å². The smallest absolute Gasteiger partial charge is 0.0916 e. The van der Waals surface area contributed by atoms with E-state index in [1.54, 1.807) is 12.4 Å². The first-order chi connectivity index (χ1) is 5.22. The molecule has 0 aromatic carbocycles. The number of rotatable bonds is 1. The van der Waals surface area contributed by atoms with Crippen LogP contribution < -0.4 is 0 Å². The normalized spacial score (nSPS) is 19.8. The highest BCUT2D eigenvalue weighted by atomic mass is 16.3. The minimum atomic E-state index is -0.529. The Bertz CT molecular complexity index is 279. The van der Waals surface area contributed by atoms with Gasteiger partial charge in [-0.25, -0.2) is 0 Å². The number of nitrogens with zero attached hydrogens (tertiary/aromatic N) is 1. The fourth-order valence-corrected chi connectivity index (χ4v) is 1.34. The molecule has 2 nitrogen and oxygen atoms in total. The average Bonchev–Trinajstić information content (AvgIpc) is 2.70. The Kier molecular flexibility index (Phi) is 1.26. The zero-order valence-electron chi connectivity index (χ0n) is 6.54. The van der Waals surface area contributed by atoms with Crippen LogP contribution in [0.3, 0.4) is 0 Å². The Balaban J connectivity index is 2.45. The second kappa shape index (κ2) is 2.05. The molecule has 0 atom stereocenters. The zero-order chi connectivity index (χ0) is 7.90. The fourth-order valence-electron chi connectivity index (χ4n) is 1.34. The highest BCUT2D eigenvalue weighted by molar-refractivity contribution is 5.31. The van der Waals surface area contributed by atoms with Gasteiger partial charge in [0.1, 0.15) is 0 Å². The predicted octanol–water partition coefficient (Wildman–Crippen LogP) is 1.37. The van der Waals surface area contributed by atoms with Gasteiger partial charge in [0.15, 0.2) is 0 Å². The van der Waals surface area contributed by atoms with Gasteiger partial charge in [-0.05, 0) is 31.4 Å². The van der Waals surface area contributed by atoms with Crippen LogP contribution in [0.4, 0.5) is 0 Å². The van der Waals surface area contributed by atoms with Crippen LogP contribution in [-0.2, 0) is 5.60 Å². The third-order valence-corrected chi connectivity index (χ3v) is 2.26. The van der Waals surface area contributed by atoms with Crippen molar-refractivity contribution in [3.05, 3.63) is 29.6 Å². The molecule has 1 heterocycles. The molecule has 1 aliphatic rings. The molecule has 1 aromatic rings. The summed E-state index contributed by atoms with van der Waals surface area (Å²) in [6, 6.07) is 1.94. The van der Waals surface area contributed by atoms with Crippen molar-refractivity contribution in [1.82, 2.24) is 4.98 Å². The van der Waals surface area contributed by atoms with Gasteiger partial charge in [0.25, 0.3) is 0 Å². The summed E-state index contributed by atoms with van der Waals surface area (Å²) in [6.45, 7) is 2.01. The molecule has 2 rings (SSSR count). The molecule has 1 saturated carbocycles. The first kappa shape index (κ1) is 6.80. The third-order valence-electron chi connectivity index (χ3n) is 2.26. The van der Waals surface area contributed by atoms with Crippen LogP contribution in [-0.4, -0.2) is 10.1 Å².